The summed E-state index contributed by atoms with van der Waals surface area (Å²) in [5.41, 5.74) is 0.580. The van der Waals surface area contributed by atoms with E-state index in [1.807, 2.05) is 0 Å². The van der Waals surface area contributed by atoms with Gasteiger partial charge in [0.15, 0.2) is 27.8 Å². The van der Waals surface area contributed by atoms with Crippen molar-refractivity contribution in [1.29, 1.82) is 0 Å². The van der Waals surface area contributed by atoms with Gasteiger partial charge in [-0.15, -0.1) is 0 Å². The Morgan fingerprint density at radius 3 is 2.40 bits per heavy atom. The number of H-pyrrole nitrogens is 1. The molecule has 12 nitrogen and oxygen atoms in total. The molecule has 1 aliphatic heterocycles. The van der Waals surface area contributed by atoms with Crippen LogP contribution in [0.15, 0.2) is 35.4 Å². The molecule has 0 bridgehead atoms. The summed E-state index contributed by atoms with van der Waals surface area (Å²) >= 11 is 0. The molecular formula is C29H46N6O6Si2. The minimum absolute atomic E-state index is 0.0124. The van der Waals surface area contributed by atoms with E-state index in [-0.39, 0.29) is 46.0 Å². The summed E-state index contributed by atoms with van der Waals surface area (Å²) in [6.45, 7) is 22.7. The Labute approximate surface area is 255 Å². The van der Waals surface area contributed by atoms with Crippen LogP contribution in [-0.2, 0) is 20.1 Å². The molecular weight excluding hydrogens is 585 g/mol. The van der Waals surface area contributed by atoms with Gasteiger partial charge in [0.1, 0.15) is 12.3 Å². The highest BCUT2D eigenvalue weighted by molar-refractivity contribution is 6.74. The van der Waals surface area contributed by atoms with Crippen molar-refractivity contribution in [3.63, 3.8) is 0 Å². The van der Waals surface area contributed by atoms with E-state index in [0.29, 0.717) is 24.2 Å². The Morgan fingerprint density at radius 1 is 1.12 bits per heavy atom. The van der Waals surface area contributed by atoms with Crippen LogP contribution >= 0.6 is 0 Å². The molecule has 0 saturated carbocycles. The van der Waals surface area contributed by atoms with Crippen LogP contribution in [0.25, 0.3) is 11.2 Å². The van der Waals surface area contributed by atoms with E-state index in [2.05, 4.69) is 88.0 Å². The Bertz CT molecular complexity index is 1520. The number of aromatic nitrogens is 4. The van der Waals surface area contributed by atoms with Gasteiger partial charge in [0.05, 0.1) is 24.0 Å². The topological polar surface area (TPSA) is 146 Å². The number of nitrogens with one attached hydrogen (secondary N) is 2. The molecule has 236 valence electrons. The van der Waals surface area contributed by atoms with Crippen molar-refractivity contribution in [1.82, 2.24) is 19.5 Å². The van der Waals surface area contributed by atoms with Crippen LogP contribution < -0.4 is 10.9 Å². The lowest BCUT2D eigenvalue weighted by atomic mass is 10.2. The fourth-order valence-electron chi connectivity index (χ4n) is 4.45. The molecule has 43 heavy (non-hydrogen) atoms. The maximum atomic E-state index is 13.0. The summed E-state index contributed by atoms with van der Waals surface area (Å²) in [6.07, 6.45) is 1.15. The number of rotatable bonds is 10. The standard InChI is InChI=1S/C29H46N6O6Si2/c1-28(2,3)42(7,8)39-17-22-21(41-43(9,10)29(4,5)6)15-23(40-22)34-18-31-24-25(34)32-27(33-26(24)36)30-16-19-13-11-12-14-20(19)35(37)38/h11-14,18,21-23H,15-17H2,1-10H3,(H2,30,32,33,36)/t21-,22-,23-/m1/s1. The van der Waals surface area contributed by atoms with Crippen LogP contribution in [0.3, 0.4) is 0 Å². The minimum atomic E-state index is -2.14. The van der Waals surface area contributed by atoms with Gasteiger partial charge in [-0.3, -0.25) is 24.5 Å². The smallest absolute Gasteiger partial charge is 0.280 e. The Kier molecular flexibility index (Phi) is 9.11. The fraction of sp³-hybridized carbons (Fsp3) is 0.621. The molecule has 1 fully saturated rings. The van der Waals surface area contributed by atoms with Crippen molar-refractivity contribution in [2.24, 2.45) is 0 Å². The Hall–Kier alpha value is -2.92. The Morgan fingerprint density at radius 2 is 1.77 bits per heavy atom. The van der Waals surface area contributed by atoms with Gasteiger partial charge in [0, 0.05) is 24.6 Å². The van der Waals surface area contributed by atoms with Crippen LogP contribution in [0.4, 0.5) is 11.6 Å². The number of hydrogen-bond donors (Lipinski definition) is 2. The van der Waals surface area contributed by atoms with E-state index in [1.54, 1.807) is 29.1 Å². The molecule has 0 radical (unpaired) electrons. The first-order valence-electron chi connectivity index (χ1n) is 14.7. The zero-order valence-electron chi connectivity index (χ0n) is 27.0. The number of nitro benzene ring substituents is 1. The van der Waals surface area contributed by atoms with Gasteiger partial charge < -0.3 is 18.9 Å². The number of anilines is 1. The largest absolute Gasteiger partial charge is 0.414 e. The first kappa shape index (κ1) is 33.0. The van der Waals surface area contributed by atoms with E-state index in [9.17, 15) is 14.9 Å². The zero-order valence-corrected chi connectivity index (χ0v) is 29.0. The highest BCUT2D eigenvalue weighted by Gasteiger charge is 2.47. The van der Waals surface area contributed by atoms with E-state index in [4.69, 9.17) is 13.6 Å². The van der Waals surface area contributed by atoms with Gasteiger partial charge in [-0.05, 0) is 36.3 Å². The second-order valence-electron chi connectivity index (χ2n) is 14.3. The third kappa shape index (κ3) is 7.09. The summed E-state index contributed by atoms with van der Waals surface area (Å²) in [6, 6.07) is 6.44. The van der Waals surface area contributed by atoms with Crippen molar-refractivity contribution in [2.75, 3.05) is 11.9 Å². The Balaban J connectivity index is 1.62. The van der Waals surface area contributed by atoms with Crippen molar-refractivity contribution in [3.8, 4) is 0 Å². The molecule has 1 aliphatic rings. The third-order valence-electron chi connectivity index (χ3n) is 9.22. The molecule has 3 atom stereocenters. The molecule has 0 unspecified atom stereocenters. The normalized spacial score (nSPS) is 20.1. The number of fused-ring (bicyclic) bond motifs is 1. The number of imidazole rings is 1. The molecule has 1 saturated heterocycles. The number of ether oxygens (including phenoxy) is 1. The predicted octanol–water partition coefficient (Wildman–Crippen LogP) is 6.34. The van der Waals surface area contributed by atoms with E-state index in [0.717, 1.165) is 0 Å². The van der Waals surface area contributed by atoms with E-state index >= 15 is 0 Å². The van der Waals surface area contributed by atoms with Crippen molar-refractivity contribution in [2.45, 2.75) is 109 Å². The van der Waals surface area contributed by atoms with E-state index in [1.165, 1.54) is 6.07 Å². The lowest BCUT2D eigenvalue weighted by molar-refractivity contribution is -0.385. The van der Waals surface area contributed by atoms with Gasteiger partial charge in [-0.25, -0.2) is 4.98 Å². The maximum Gasteiger partial charge on any atom is 0.280 e. The maximum absolute atomic E-state index is 13.0. The lowest BCUT2D eigenvalue weighted by Crippen LogP contribution is -2.48. The monoisotopic (exact) mass is 630 g/mol. The molecule has 0 amide bonds. The quantitative estimate of drug-likeness (QED) is 0.149. The molecule has 2 N–H and O–H groups in total. The molecule has 4 rings (SSSR count). The average Bonchev–Trinajstić information content (AvgIpc) is 3.49. The van der Waals surface area contributed by atoms with Crippen LogP contribution in [0.5, 0.6) is 0 Å². The summed E-state index contributed by atoms with van der Waals surface area (Å²) in [5, 5.41) is 14.5. The van der Waals surface area contributed by atoms with Crippen LogP contribution in [-0.4, -0.2) is 59.9 Å². The van der Waals surface area contributed by atoms with Crippen molar-refractivity contribution in [3.05, 3.63) is 56.6 Å². The molecule has 2 aromatic heterocycles. The van der Waals surface area contributed by atoms with Gasteiger partial charge in [-0.2, -0.15) is 4.98 Å². The number of nitrogens with zero attached hydrogens (tertiary/aromatic N) is 4. The number of benzene rings is 1. The van der Waals surface area contributed by atoms with Gasteiger partial charge in [-0.1, -0.05) is 59.7 Å². The number of aromatic amines is 1. The van der Waals surface area contributed by atoms with Crippen LogP contribution in [0.1, 0.15) is 59.8 Å². The summed E-state index contributed by atoms with van der Waals surface area (Å²) in [4.78, 5) is 35.6. The average molecular weight is 631 g/mol. The molecule has 14 heteroatoms. The fourth-order valence-corrected chi connectivity index (χ4v) is 6.82. The lowest BCUT2D eigenvalue weighted by Gasteiger charge is -2.40. The predicted molar refractivity (Wildman–Crippen MR) is 172 cm³/mol. The molecule has 0 aliphatic carbocycles. The molecule has 0 spiro atoms. The zero-order chi connectivity index (χ0) is 32.0. The second-order valence-corrected chi connectivity index (χ2v) is 23.9. The SMILES string of the molecule is CC(C)(C)[Si](C)(C)OC[C@H]1O[C@@H](n2cnc3c(=O)[nH]c(NCc4ccccc4[N+](=O)[O-])nc32)C[C@H]1O[Si](C)(C)C(C)(C)C. The first-order valence-corrected chi connectivity index (χ1v) is 20.5. The summed E-state index contributed by atoms with van der Waals surface area (Å²) in [7, 11) is -4.19. The number of para-hydroxylation sites is 1. The molecule has 3 heterocycles. The van der Waals surface area contributed by atoms with Crippen molar-refractivity contribution >= 4 is 39.4 Å². The molecule has 1 aromatic carbocycles. The minimum Gasteiger partial charge on any atom is -0.414 e. The highest BCUT2D eigenvalue weighted by atomic mass is 28.4. The number of hydrogen-bond acceptors (Lipinski definition) is 9. The third-order valence-corrected chi connectivity index (χ3v) is 18.2. The van der Waals surface area contributed by atoms with Crippen LogP contribution in [0.2, 0.25) is 36.3 Å². The van der Waals surface area contributed by atoms with Gasteiger partial charge in [0.2, 0.25) is 5.95 Å². The van der Waals surface area contributed by atoms with E-state index < -0.39 is 33.3 Å². The van der Waals surface area contributed by atoms with Gasteiger partial charge >= 0.3 is 0 Å². The first-order chi connectivity index (χ1) is 19.8. The van der Waals surface area contributed by atoms with Crippen molar-refractivity contribution < 1.29 is 18.5 Å². The summed E-state index contributed by atoms with van der Waals surface area (Å²) in [5.74, 6) is 0.183. The highest BCUT2D eigenvalue weighted by Crippen LogP contribution is 2.42. The molecule has 3 aromatic rings. The second kappa shape index (κ2) is 11.9. The number of nitro groups is 1. The summed E-state index contributed by atoms with van der Waals surface area (Å²) < 4.78 is 21.9. The van der Waals surface area contributed by atoms with Gasteiger partial charge in [0.25, 0.3) is 11.2 Å². The van der Waals surface area contributed by atoms with Crippen LogP contribution in [0, 0.1) is 10.1 Å².